The first-order valence-corrected chi connectivity index (χ1v) is 10.9. The van der Waals surface area contributed by atoms with Crippen molar-refractivity contribution in [3.8, 4) is 34.6 Å². The van der Waals surface area contributed by atoms with Crippen LogP contribution in [0.3, 0.4) is 0 Å². The van der Waals surface area contributed by atoms with E-state index in [4.69, 9.17) is 15.6 Å². The van der Waals surface area contributed by atoms with Gasteiger partial charge in [0.05, 0.1) is 11.9 Å². The van der Waals surface area contributed by atoms with Gasteiger partial charge in [0.2, 0.25) is 0 Å². The number of aliphatic imine (C=N–C) groups is 1. The normalized spacial score (nSPS) is 14.5. The number of amides is 1. The minimum Gasteiger partial charge on any atom is -0.457 e. The molecule has 172 valence electrons. The molecule has 2 aromatic heterocycles. The summed E-state index contributed by atoms with van der Waals surface area (Å²) in [5.74, 6) is 6.61. The summed E-state index contributed by atoms with van der Waals surface area (Å²) in [5.41, 5.74) is 8.24. The van der Waals surface area contributed by atoms with E-state index in [0.29, 0.717) is 28.3 Å². The number of nitrogen functional groups attached to an aromatic ring is 1. The SMILES string of the molecule is CC#CC(=O)N1C=CC=N[C@@H]1Cn1nc(-c2ccc(Oc3ccccc3)cc2)c2c(N)ncnc21. The number of fused-ring (bicyclic) bond motifs is 1. The summed E-state index contributed by atoms with van der Waals surface area (Å²) in [6.07, 6.45) is 5.87. The first kappa shape index (κ1) is 21.9. The molecule has 1 aliphatic rings. The van der Waals surface area contributed by atoms with Crippen molar-refractivity contribution in [2.45, 2.75) is 19.6 Å². The fourth-order valence-electron chi connectivity index (χ4n) is 3.78. The number of allylic oxidation sites excluding steroid dienone is 1. The topological polar surface area (TPSA) is 112 Å². The minimum absolute atomic E-state index is 0.264. The molecule has 0 fully saturated rings. The second-order valence-corrected chi connectivity index (χ2v) is 7.64. The van der Waals surface area contributed by atoms with Crippen molar-refractivity contribution in [2.75, 3.05) is 5.73 Å². The fourth-order valence-corrected chi connectivity index (χ4v) is 3.78. The van der Waals surface area contributed by atoms with Crippen LogP contribution in [0.5, 0.6) is 11.5 Å². The van der Waals surface area contributed by atoms with Crippen LogP contribution in [0.15, 0.2) is 78.2 Å². The third-order valence-corrected chi connectivity index (χ3v) is 5.38. The van der Waals surface area contributed by atoms with Crippen LogP contribution in [-0.4, -0.2) is 42.9 Å². The van der Waals surface area contributed by atoms with E-state index in [1.807, 2.05) is 54.6 Å². The highest BCUT2D eigenvalue weighted by Crippen LogP contribution is 2.32. The number of anilines is 1. The van der Waals surface area contributed by atoms with E-state index < -0.39 is 6.17 Å². The van der Waals surface area contributed by atoms with Crippen molar-refractivity contribution >= 4 is 29.0 Å². The average Bonchev–Trinajstić information content (AvgIpc) is 3.25. The van der Waals surface area contributed by atoms with Gasteiger partial charge in [-0.1, -0.05) is 24.1 Å². The number of para-hydroxylation sites is 1. The molecule has 4 aromatic rings. The molecule has 2 aromatic carbocycles. The van der Waals surface area contributed by atoms with Crippen molar-refractivity contribution in [2.24, 2.45) is 4.99 Å². The molecule has 9 nitrogen and oxygen atoms in total. The number of benzene rings is 2. The Balaban J connectivity index is 1.48. The van der Waals surface area contributed by atoms with Gasteiger partial charge in [-0.2, -0.15) is 5.10 Å². The van der Waals surface area contributed by atoms with Crippen molar-refractivity contribution in [3.05, 3.63) is 73.2 Å². The lowest BCUT2D eigenvalue weighted by molar-refractivity contribution is -0.124. The lowest BCUT2D eigenvalue weighted by Gasteiger charge is -2.25. The van der Waals surface area contributed by atoms with E-state index in [-0.39, 0.29) is 12.5 Å². The van der Waals surface area contributed by atoms with E-state index in [2.05, 4.69) is 26.8 Å². The van der Waals surface area contributed by atoms with Gasteiger partial charge in [-0.15, -0.1) is 0 Å². The van der Waals surface area contributed by atoms with Crippen LogP contribution < -0.4 is 10.5 Å². The molecular weight excluding hydrogens is 442 g/mol. The summed E-state index contributed by atoms with van der Waals surface area (Å²) in [7, 11) is 0. The van der Waals surface area contributed by atoms with E-state index in [9.17, 15) is 4.79 Å². The smallest absolute Gasteiger partial charge is 0.304 e. The molecule has 1 amide bonds. The van der Waals surface area contributed by atoms with Gasteiger partial charge in [0.1, 0.15) is 35.5 Å². The minimum atomic E-state index is -0.526. The molecule has 35 heavy (non-hydrogen) atoms. The molecule has 1 aliphatic heterocycles. The van der Waals surface area contributed by atoms with Gasteiger partial charge in [0.15, 0.2) is 5.65 Å². The second-order valence-electron chi connectivity index (χ2n) is 7.64. The summed E-state index contributed by atoms with van der Waals surface area (Å²) in [6, 6.07) is 17.1. The molecule has 5 rings (SSSR count). The molecule has 0 saturated carbocycles. The van der Waals surface area contributed by atoms with Crippen LogP contribution in [-0.2, 0) is 11.3 Å². The van der Waals surface area contributed by atoms with Crippen molar-refractivity contribution < 1.29 is 9.53 Å². The number of aromatic nitrogens is 4. The number of hydrogen-bond acceptors (Lipinski definition) is 7. The lowest BCUT2D eigenvalue weighted by Crippen LogP contribution is -2.38. The van der Waals surface area contributed by atoms with E-state index in [1.165, 1.54) is 11.2 Å². The van der Waals surface area contributed by atoms with Crippen LogP contribution in [0.2, 0.25) is 0 Å². The number of carbonyl (C=O) groups excluding carboxylic acids is 1. The third-order valence-electron chi connectivity index (χ3n) is 5.38. The Morgan fingerprint density at radius 3 is 2.63 bits per heavy atom. The average molecular weight is 464 g/mol. The van der Waals surface area contributed by atoms with Gasteiger partial charge in [-0.05, 0) is 55.3 Å². The highest BCUT2D eigenvalue weighted by atomic mass is 16.5. The summed E-state index contributed by atoms with van der Waals surface area (Å²) in [4.78, 5) is 26.9. The zero-order valence-electron chi connectivity index (χ0n) is 18.9. The predicted octanol–water partition coefficient (Wildman–Crippen LogP) is 3.64. The van der Waals surface area contributed by atoms with Gasteiger partial charge in [-0.3, -0.25) is 14.7 Å². The highest BCUT2D eigenvalue weighted by molar-refractivity contribution is 5.98. The lowest BCUT2D eigenvalue weighted by atomic mass is 10.1. The number of hydrogen-bond donors (Lipinski definition) is 1. The van der Waals surface area contributed by atoms with Crippen LogP contribution in [0.25, 0.3) is 22.3 Å². The summed E-state index contributed by atoms with van der Waals surface area (Å²) in [6.45, 7) is 1.88. The standard InChI is InChI=1S/C26H21N7O2/c1-2-7-22(34)32-15-6-14-28-21(32)16-33-26-23(25(27)29-17-30-26)24(31-33)18-10-12-20(13-11-18)35-19-8-4-3-5-9-19/h3-6,8-15,17,21H,16H2,1H3,(H2,27,29,30)/t21-/m0/s1. The van der Waals surface area contributed by atoms with Crippen molar-refractivity contribution in [3.63, 3.8) is 0 Å². The molecule has 3 heterocycles. The van der Waals surface area contributed by atoms with E-state index in [1.54, 1.807) is 30.1 Å². The molecular formula is C26H21N7O2. The Kier molecular flexibility index (Phi) is 5.92. The first-order valence-electron chi connectivity index (χ1n) is 10.9. The first-order chi connectivity index (χ1) is 17.1. The Labute approximate surface area is 201 Å². The number of nitrogens with zero attached hydrogens (tertiary/aromatic N) is 6. The number of rotatable bonds is 5. The van der Waals surface area contributed by atoms with E-state index >= 15 is 0 Å². The zero-order chi connectivity index (χ0) is 24.2. The molecule has 0 radical (unpaired) electrons. The molecule has 0 aliphatic carbocycles. The van der Waals surface area contributed by atoms with Gasteiger partial charge in [-0.25, -0.2) is 14.6 Å². The maximum absolute atomic E-state index is 12.4. The Morgan fingerprint density at radius 2 is 1.86 bits per heavy atom. The van der Waals surface area contributed by atoms with Crippen LogP contribution in [0.4, 0.5) is 5.82 Å². The molecule has 2 N–H and O–H groups in total. The zero-order valence-corrected chi connectivity index (χ0v) is 18.9. The number of ether oxygens (including phenoxy) is 1. The number of carbonyl (C=O) groups is 1. The molecule has 0 unspecified atom stereocenters. The van der Waals surface area contributed by atoms with Crippen molar-refractivity contribution in [1.29, 1.82) is 0 Å². The van der Waals surface area contributed by atoms with Crippen LogP contribution in [0.1, 0.15) is 6.92 Å². The van der Waals surface area contributed by atoms with Gasteiger partial charge in [0, 0.05) is 18.0 Å². The molecule has 1 atom stereocenters. The Hall–Kier alpha value is -4.97. The summed E-state index contributed by atoms with van der Waals surface area (Å²) in [5, 5.41) is 5.42. The third kappa shape index (κ3) is 4.45. The highest BCUT2D eigenvalue weighted by Gasteiger charge is 2.25. The van der Waals surface area contributed by atoms with Crippen LogP contribution >= 0.6 is 0 Å². The molecule has 0 saturated heterocycles. The summed E-state index contributed by atoms with van der Waals surface area (Å²) < 4.78 is 7.59. The molecule has 0 bridgehead atoms. The predicted molar refractivity (Wildman–Crippen MR) is 133 cm³/mol. The fraction of sp³-hybridized carbons (Fsp3) is 0.115. The quantitative estimate of drug-likeness (QED) is 0.452. The van der Waals surface area contributed by atoms with Gasteiger partial charge >= 0.3 is 5.91 Å². The molecule has 0 spiro atoms. The van der Waals surface area contributed by atoms with Crippen LogP contribution in [0, 0.1) is 11.8 Å². The Morgan fingerprint density at radius 1 is 1.09 bits per heavy atom. The number of nitrogens with two attached hydrogens (primary N) is 1. The second kappa shape index (κ2) is 9.49. The van der Waals surface area contributed by atoms with Gasteiger partial charge < -0.3 is 10.5 Å². The maximum Gasteiger partial charge on any atom is 0.304 e. The maximum atomic E-state index is 12.4. The largest absolute Gasteiger partial charge is 0.457 e. The van der Waals surface area contributed by atoms with Gasteiger partial charge in [0.25, 0.3) is 0 Å². The monoisotopic (exact) mass is 463 g/mol. The van der Waals surface area contributed by atoms with E-state index in [0.717, 1.165) is 11.3 Å². The van der Waals surface area contributed by atoms with Crippen molar-refractivity contribution in [1.82, 2.24) is 24.6 Å². The molecule has 9 heteroatoms. The Bertz CT molecular complexity index is 1500. The summed E-state index contributed by atoms with van der Waals surface area (Å²) >= 11 is 0.